The molecular formula is C17H25FN2O3S. The van der Waals surface area contributed by atoms with Crippen molar-refractivity contribution in [3.05, 3.63) is 35.6 Å². The molecule has 1 aliphatic heterocycles. The zero-order valence-corrected chi connectivity index (χ0v) is 14.6. The van der Waals surface area contributed by atoms with E-state index in [9.17, 15) is 17.9 Å². The van der Waals surface area contributed by atoms with E-state index < -0.39 is 10.0 Å². The van der Waals surface area contributed by atoms with Gasteiger partial charge < -0.3 is 5.11 Å². The van der Waals surface area contributed by atoms with Crippen molar-refractivity contribution in [1.82, 2.24) is 9.21 Å². The summed E-state index contributed by atoms with van der Waals surface area (Å²) in [5.74, 6) is -0.267. The third kappa shape index (κ3) is 4.14. The zero-order valence-electron chi connectivity index (χ0n) is 13.8. The van der Waals surface area contributed by atoms with Gasteiger partial charge in [-0.3, -0.25) is 4.90 Å². The lowest BCUT2D eigenvalue weighted by molar-refractivity contribution is 0.0512. The van der Waals surface area contributed by atoms with Gasteiger partial charge in [-0.05, 0) is 43.4 Å². The van der Waals surface area contributed by atoms with Crippen LogP contribution in [0, 0.1) is 5.82 Å². The van der Waals surface area contributed by atoms with Crippen molar-refractivity contribution in [2.75, 3.05) is 31.9 Å². The Morgan fingerprint density at radius 1 is 1.08 bits per heavy atom. The van der Waals surface area contributed by atoms with Crippen LogP contribution < -0.4 is 0 Å². The van der Waals surface area contributed by atoms with Gasteiger partial charge in [0.05, 0.1) is 11.9 Å². The molecule has 0 amide bonds. The number of halogens is 1. The molecule has 1 saturated heterocycles. The van der Waals surface area contributed by atoms with Crippen molar-refractivity contribution >= 4 is 10.0 Å². The summed E-state index contributed by atoms with van der Waals surface area (Å²) in [5.41, 5.74) is 0.827. The fraction of sp³-hybridized carbons (Fsp3) is 0.647. The van der Waals surface area contributed by atoms with Gasteiger partial charge in [0.25, 0.3) is 0 Å². The quantitative estimate of drug-likeness (QED) is 0.862. The third-order valence-electron chi connectivity index (χ3n) is 5.14. The summed E-state index contributed by atoms with van der Waals surface area (Å²) < 4.78 is 39.4. The number of rotatable bonds is 5. The lowest BCUT2D eigenvalue weighted by atomic mass is 10.1. The van der Waals surface area contributed by atoms with E-state index in [1.807, 2.05) is 0 Å². The van der Waals surface area contributed by atoms with E-state index in [0.29, 0.717) is 32.6 Å². The topological polar surface area (TPSA) is 60.9 Å². The minimum atomic E-state index is -3.30. The van der Waals surface area contributed by atoms with Crippen LogP contribution in [0.1, 0.15) is 24.8 Å². The molecule has 24 heavy (non-hydrogen) atoms. The van der Waals surface area contributed by atoms with Gasteiger partial charge in [0.2, 0.25) is 10.0 Å². The normalized spacial score (nSPS) is 26.8. The maximum atomic E-state index is 12.9. The van der Waals surface area contributed by atoms with E-state index in [4.69, 9.17) is 0 Å². The zero-order chi connectivity index (χ0) is 17.2. The average molecular weight is 356 g/mol. The number of aryl methyl sites for hydroxylation is 1. The molecule has 0 bridgehead atoms. The highest BCUT2D eigenvalue weighted by Crippen LogP contribution is 2.25. The molecule has 1 aromatic rings. The summed E-state index contributed by atoms with van der Waals surface area (Å²) in [6.45, 7) is 2.32. The Bertz CT molecular complexity index is 642. The molecule has 5 nitrogen and oxygen atoms in total. The van der Waals surface area contributed by atoms with Gasteiger partial charge in [-0.2, -0.15) is 4.31 Å². The van der Waals surface area contributed by atoms with Gasteiger partial charge in [-0.15, -0.1) is 0 Å². The minimum Gasteiger partial charge on any atom is -0.391 e. The number of hydrogen-bond donors (Lipinski definition) is 1. The molecular weight excluding hydrogens is 331 g/mol. The lowest BCUT2D eigenvalue weighted by Crippen LogP contribution is -2.54. The molecule has 3 rings (SSSR count). The molecule has 0 radical (unpaired) electrons. The molecule has 2 fully saturated rings. The van der Waals surface area contributed by atoms with Crippen LogP contribution in [0.2, 0.25) is 0 Å². The van der Waals surface area contributed by atoms with Gasteiger partial charge in [0.15, 0.2) is 0 Å². The standard InChI is InChI=1S/C17H25FN2O3S/c18-15-6-4-14(5-7-15)8-13-24(22,23)20-11-9-19(10-12-20)16-2-1-3-17(16)21/h4-7,16-17,21H,1-3,8-13H2. The molecule has 134 valence electrons. The SMILES string of the molecule is O=S(=O)(CCc1ccc(F)cc1)N1CCN(C2CCCC2O)CC1. The number of benzene rings is 1. The van der Waals surface area contributed by atoms with E-state index in [-0.39, 0.29) is 23.7 Å². The molecule has 2 atom stereocenters. The number of hydrogen-bond acceptors (Lipinski definition) is 4. The van der Waals surface area contributed by atoms with Gasteiger partial charge in [-0.1, -0.05) is 12.1 Å². The molecule has 1 saturated carbocycles. The first-order valence-electron chi connectivity index (χ1n) is 8.60. The maximum Gasteiger partial charge on any atom is 0.214 e. The molecule has 1 heterocycles. The van der Waals surface area contributed by atoms with Crippen molar-refractivity contribution in [1.29, 1.82) is 0 Å². The summed E-state index contributed by atoms with van der Waals surface area (Å²) in [5, 5.41) is 10.00. The first-order chi connectivity index (χ1) is 11.5. The minimum absolute atomic E-state index is 0.0463. The Hall–Kier alpha value is -1.02. The highest BCUT2D eigenvalue weighted by atomic mass is 32.2. The molecule has 0 spiro atoms. The molecule has 1 N–H and O–H groups in total. The molecule has 2 aliphatic rings. The van der Waals surface area contributed by atoms with Crippen LogP contribution in [-0.2, 0) is 16.4 Å². The van der Waals surface area contributed by atoms with Gasteiger partial charge >= 0.3 is 0 Å². The highest BCUT2D eigenvalue weighted by Gasteiger charge is 2.34. The summed E-state index contributed by atoms with van der Waals surface area (Å²) >= 11 is 0. The van der Waals surface area contributed by atoms with E-state index in [0.717, 1.165) is 24.8 Å². The number of aliphatic hydroxyl groups excluding tert-OH is 1. The van der Waals surface area contributed by atoms with Crippen molar-refractivity contribution in [3.63, 3.8) is 0 Å². The van der Waals surface area contributed by atoms with Crippen LogP contribution >= 0.6 is 0 Å². The predicted octanol–water partition coefficient (Wildman–Crippen LogP) is 1.23. The molecule has 1 aromatic carbocycles. The molecule has 2 unspecified atom stereocenters. The van der Waals surface area contributed by atoms with E-state index >= 15 is 0 Å². The van der Waals surface area contributed by atoms with Crippen molar-refractivity contribution < 1.29 is 17.9 Å². The summed E-state index contributed by atoms with van der Waals surface area (Å²) in [7, 11) is -3.30. The summed E-state index contributed by atoms with van der Waals surface area (Å²) in [6.07, 6.45) is 3.01. The predicted molar refractivity (Wildman–Crippen MR) is 90.7 cm³/mol. The number of aliphatic hydroxyl groups is 1. The largest absolute Gasteiger partial charge is 0.391 e. The maximum absolute atomic E-state index is 12.9. The molecule has 7 heteroatoms. The Balaban J connectivity index is 1.51. The van der Waals surface area contributed by atoms with Crippen molar-refractivity contribution in [3.8, 4) is 0 Å². The average Bonchev–Trinajstić information content (AvgIpc) is 3.01. The highest BCUT2D eigenvalue weighted by molar-refractivity contribution is 7.89. The van der Waals surface area contributed by atoms with Crippen LogP contribution in [0.3, 0.4) is 0 Å². The first kappa shape index (κ1) is 17.8. The first-order valence-corrected chi connectivity index (χ1v) is 10.2. The number of nitrogens with zero attached hydrogens (tertiary/aromatic N) is 2. The summed E-state index contributed by atoms with van der Waals surface area (Å²) in [4.78, 5) is 2.23. The third-order valence-corrected chi connectivity index (χ3v) is 7.01. The lowest BCUT2D eigenvalue weighted by Gasteiger charge is -2.38. The second-order valence-corrected chi connectivity index (χ2v) is 8.78. The van der Waals surface area contributed by atoms with Crippen molar-refractivity contribution in [2.24, 2.45) is 0 Å². The fourth-order valence-corrected chi connectivity index (χ4v) is 5.16. The van der Waals surface area contributed by atoms with E-state index in [2.05, 4.69) is 4.90 Å². The van der Waals surface area contributed by atoms with Crippen LogP contribution in [0.4, 0.5) is 4.39 Å². The number of sulfonamides is 1. The van der Waals surface area contributed by atoms with Crippen LogP contribution in [-0.4, -0.2) is 66.8 Å². The van der Waals surface area contributed by atoms with Crippen LogP contribution in [0.15, 0.2) is 24.3 Å². The van der Waals surface area contributed by atoms with Gasteiger partial charge in [-0.25, -0.2) is 12.8 Å². The Kier molecular flexibility index (Phi) is 5.54. The summed E-state index contributed by atoms with van der Waals surface area (Å²) in [6, 6.07) is 6.16. The van der Waals surface area contributed by atoms with Crippen LogP contribution in [0.5, 0.6) is 0 Å². The van der Waals surface area contributed by atoms with Crippen molar-refractivity contribution in [2.45, 2.75) is 37.8 Å². The Morgan fingerprint density at radius 2 is 1.75 bits per heavy atom. The molecule has 1 aliphatic carbocycles. The van der Waals surface area contributed by atoms with Gasteiger partial charge in [0, 0.05) is 32.2 Å². The van der Waals surface area contributed by atoms with E-state index in [1.165, 1.54) is 12.1 Å². The number of piperazine rings is 1. The Labute approximate surface area is 143 Å². The smallest absolute Gasteiger partial charge is 0.214 e. The van der Waals surface area contributed by atoms with E-state index in [1.54, 1.807) is 16.4 Å². The fourth-order valence-electron chi connectivity index (χ4n) is 3.69. The van der Waals surface area contributed by atoms with Crippen LogP contribution in [0.25, 0.3) is 0 Å². The second-order valence-electron chi connectivity index (χ2n) is 6.69. The Morgan fingerprint density at radius 3 is 2.33 bits per heavy atom. The van der Waals surface area contributed by atoms with Gasteiger partial charge in [0.1, 0.15) is 5.82 Å². The molecule has 0 aromatic heterocycles. The second kappa shape index (κ2) is 7.47. The monoisotopic (exact) mass is 356 g/mol.